The molecule has 0 bridgehead atoms. The van der Waals surface area contributed by atoms with Crippen molar-refractivity contribution >= 4 is 15.8 Å². The highest BCUT2D eigenvalue weighted by molar-refractivity contribution is 7.90. The maximum Gasteiger partial charge on any atom is 0.407 e. The van der Waals surface area contributed by atoms with E-state index in [0.717, 1.165) is 6.26 Å². The van der Waals surface area contributed by atoms with Gasteiger partial charge >= 0.3 is 12.1 Å². The zero-order valence-electron chi connectivity index (χ0n) is 16.7. The minimum atomic E-state index is -4.61. The number of hydrogen-bond donors (Lipinski definition) is 1. The molecule has 0 saturated carbocycles. The fourth-order valence-corrected chi connectivity index (χ4v) is 4.06. The Bertz CT molecular complexity index is 1030. The third kappa shape index (κ3) is 5.02. The number of nitrogens with one attached hydrogen (secondary N) is 1. The predicted octanol–water partition coefficient (Wildman–Crippen LogP) is 4.04. The lowest BCUT2D eigenvalue weighted by molar-refractivity contribution is -0.162. The summed E-state index contributed by atoms with van der Waals surface area (Å²) in [5, 5.41) is 2.39. The molecule has 162 valence electrons. The van der Waals surface area contributed by atoms with Crippen LogP contribution in [0.1, 0.15) is 31.9 Å². The van der Waals surface area contributed by atoms with Crippen molar-refractivity contribution in [1.29, 1.82) is 0 Å². The van der Waals surface area contributed by atoms with E-state index in [1.165, 1.54) is 36.4 Å². The van der Waals surface area contributed by atoms with Crippen molar-refractivity contribution in [2.45, 2.75) is 49.0 Å². The normalized spacial score (nSPS) is 20.1. The van der Waals surface area contributed by atoms with Crippen molar-refractivity contribution in [3.63, 3.8) is 0 Å². The van der Waals surface area contributed by atoms with Gasteiger partial charge in [0.15, 0.2) is 9.84 Å². The van der Waals surface area contributed by atoms with Crippen LogP contribution in [-0.4, -0.2) is 38.5 Å². The molecule has 2 aromatic carbocycles. The molecule has 0 radical (unpaired) electrons. The van der Waals surface area contributed by atoms with Crippen LogP contribution in [0.3, 0.4) is 0 Å². The van der Waals surface area contributed by atoms with Crippen molar-refractivity contribution in [1.82, 2.24) is 5.32 Å². The minimum absolute atomic E-state index is 0.0310. The molecule has 9 heteroatoms. The van der Waals surface area contributed by atoms with E-state index in [1.54, 1.807) is 26.0 Å². The molecule has 0 aliphatic carbocycles. The van der Waals surface area contributed by atoms with Gasteiger partial charge in [-0.3, -0.25) is 10.1 Å². The van der Waals surface area contributed by atoms with Crippen molar-refractivity contribution in [3.05, 3.63) is 54.1 Å². The topological polar surface area (TPSA) is 72.5 Å². The van der Waals surface area contributed by atoms with Crippen LogP contribution in [0, 0.1) is 0 Å². The summed E-state index contributed by atoms with van der Waals surface area (Å²) in [6.45, 7) is 3.30. The van der Waals surface area contributed by atoms with E-state index in [9.17, 15) is 26.4 Å². The fourth-order valence-electron chi connectivity index (χ4n) is 3.43. The summed E-state index contributed by atoms with van der Waals surface area (Å²) in [5.41, 5.74) is 0.469. The number of carbonyl (C=O) groups excluding carboxylic acids is 1. The molecule has 30 heavy (non-hydrogen) atoms. The first kappa shape index (κ1) is 22.3. The van der Waals surface area contributed by atoms with Crippen LogP contribution in [0.4, 0.5) is 13.2 Å². The van der Waals surface area contributed by atoms with Gasteiger partial charge in [0.25, 0.3) is 0 Å². The molecule has 0 unspecified atom stereocenters. The van der Waals surface area contributed by atoms with Gasteiger partial charge in [-0.05, 0) is 42.7 Å². The van der Waals surface area contributed by atoms with Gasteiger partial charge in [-0.2, -0.15) is 13.2 Å². The summed E-state index contributed by atoms with van der Waals surface area (Å²) in [4.78, 5) is 12.1. The Kier molecular flexibility index (Phi) is 5.72. The number of ether oxygens (including phenoxy) is 1. The molecular formula is C21H22F3NO4S. The Hall–Kier alpha value is -2.39. The van der Waals surface area contributed by atoms with Crippen molar-refractivity contribution in [2.24, 2.45) is 0 Å². The maximum atomic E-state index is 13.7. The van der Waals surface area contributed by atoms with E-state index < -0.39 is 39.7 Å². The molecule has 1 N–H and O–H groups in total. The van der Waals surface area contributed by atoms with Gasteiger partial charge in [0.05, 0.1) is 4.90 Å². The number of esters is 1. The van der Waals surface area contributed by atoms with E-state index in [2.05, 4.69) is 5.32 Å². The van der Waals surface area contributed by atoms with Gasteiger partial charge in [-0.25, -0.2) is 8.42 Å². The second-order valence-corrected chi connectivity index (χ2v) is 10.0. The van der Waals surface area contributed by atoms with Gasteiger partial charge in [0, 0.05) is 12.7 Å². The first-order valence-electron chi connectivity index (χ1n) is 9.22. The summed E-state index contributed by atoms with van der Waals surface area (Å²) >= 11 is 0. The number of cyclic esters (lactones) is 1. The third-order valence-electron chi connectivity index (χ3n) is 4.91. The number of benzene rings is 2. The fraction of sp³-hybridized carbons (Fsp3) is 0.381. The summed E-state index contributed by atoms with van der Waals surface area (Å²) in [7, 11) is -3.33. The van der Waals surface area contributed by atoms with E-state index in [-0.39, 0.29) is 16.9 Å². The first-order chi connectivity index (χ1) is 13.8. The number of hydrogen-bond acceptors (Lipinski definition) is 5. The zero-order valence-corrected chi connectivity index (χ0v) is 17.5. The molecule has 1 aliphatic rings. The minimum Gasteiger partial charge on any atom is -0.458 e. The highest BCUT2D eigenvalue weighted by atomic mass is 32.2. The average molecular weight is 441 g/mol. The molecule has 5 nitrogen and oxygen atoms in total. The lowest BCUT2D eigenvalue weighted by Gasteiger charge is -2.24. The molecule has 1 saturated heterocycles. The second kappa shape index (κ2) is 7.70. The Morgan fingerprint density at radius 2 is 1.53 bits per heavy atom. The summed E-state index contributed by atoms with van der Waals surface area (Å²) < 4.78 is 69.3. The summed E-state index contributed by atoms with van der Waals surface area (Å²) in [6.07, 6.45) is -3.36. The average Bonchev–Trinajstić information content (AvgIpc) is 2.90. The lowest BCUT2D eigenvalue weighted by atomic mass is 9.98. The van der Waals surface area contributed by atoms with E-state index in [1.807, 2.05) is 0 Å². The highest BCUT2D eigenvalue weighted by Crippen LogP contribution is 2.36. The van der Waals surface area contributed by atoms with Gasteiger partial charge in [0.2, 0.25) is 0 Å². The number of carbonyl (C=O) groups is 1. The smallest absolute Gasteiger partial charge is 0.407 e. The van der Waals surface area contributed by atoms with E-state index >= 15 is 0 Å². The van der Waals surface area contributed by atoms with Crippen molar-refractivity contribution < 1.29 is 31.1 Å². The Balaban J connectivity index is 1.84. The standard InChI is InChI=1S/C21H22F3NO4S/c1-20(2)12-17(19(26)29-20)25-18(21(22,23)24)15-6-4-13(5-7-15)14-8-10-16(11-9-14)30(3,27)28/h4-11,17-18,25H,12H2,1-3H3/t17-,18-/m0/s1. The predicted molar refractivity (Wildman–Crippen MR) is 105 cm³/mol. The van der Waals surface area contributed by atoms with Crippen LogP contribution in [0.25, 0.3) is 11.1 Å². The number of rotatable bonds is 5. The van der Waals surface area contributed by atoms with Gasteiger partial charge in [-0.15, -0.1) is 0 Å². The molecule has 0 amide bonds. The van der Waals surface area contributed by atoms with Gasteiger partial charge in [0.1, 0.15) is 17.7 Å². The monoisotopic (exact) mass is 441 g/mol. The molecular weight excluding hydrogens is 419 g/mol. The quantitative estimate of drug-likeness (QED) is 0.709. The van der Waals surface area contributed by atoms with Crippen LogP contribution in [0.15, 0.2) is 53.4 Å². The lowest BCUT2D eigenvalue weighted by Crippen LogP contribution is -2.43. The van der Waals surface area contributed by atoms with Crippen LogP contribution in [0.2, 0.25) is 0 Å². The zero-order chi connectivity index (χ0) is 22.3. The number of sulfone groups is 1. The Morgan fingerprint density at radius 1 is 1.03 bits per heavy atom. The molecule has 0 spiro atoms. The highest BCUT2D eigenvalue weighted by Gasteiger charge is 2.47. The maximum absolute atomic E-state index is 13.7. The van der Waals surface area contributed by atoms with Crippen molar-refractivity contribution in [2.75, 3.05) is 6.26 Å². The summed E-state index contributed by atoms with van der Waals surface area (Å²) in [6, 6.07) is 8.78. The SMILES string of the molecule is CC1(C)C[C@H](N[C@@H](c2ccc(-c3ccc(S(C)(=O)=O)cc3)cc2)C(F)(F)F)C(=O)O1. The number of halogens is 3. The first-order valence-corrected chi connectivity index (χ1v) is 11.1. The van der Waals surface area contributed by atoms with Crippen LogP contribution in [0.5, 0.6) is 0 Å². The molecule has 3 rings (SSSR count). The molecule has 1 fully saturated rings. The van der Waals surface area contributed by atoms with Crippen LogP contribution >= 0.6 is 0 Å². The summed E-state index contributed by atoms with van der Waals surface area (Å²) in [5.74, 6) is -0.697. The molecule has 1 aliphatic heterocycles. The van der Waals surface area contributed by atoms with E-state index in [0.29, 0.717) is 11.1 Å². The largest absolute Gasteiger partial charge is 0.458 e. The van der Waals surface area contributed by atoms with Crippen molar-refractivity contribution in [3.8, 4) is 11.1 Å². The van der Waals surface area contributed by atoms with Crippen LogP contribution in [-0.2, 0) is 19.4 Å². The van der Waals surface area contributed by atoms with Gasteiger partial charge < -0.3 is 4.74 Å². The molecule has 2 atom stereocenters. The number of alkyl halides is 3. The Morgan fingerprint density at radius 3 is 1.93 bits per heavy atom. The molecule has 0 aromatic heterocycles. The molecule has 2 aromatic rings. The second-order valence-electron chi connectivity index (χ2n) is 8.00. The Labute approximate surface area is 173 Å². The third-order valence-corrected chi connectivity index (χ3v) is 6.04. The van der Waals surface area contributed by atoms with E-state index in [4.69, 9.17) is 4.74 Å². The van der Waals surface area contributed by atoms with Crippen LogP contribution < -0.4 is 5.32 Å². The van der Waals surface area contributed by atoms with Gasteiger partial charge in [-0.1, -0.05) is 36.4 Å². The molecule has 1 heterocycles.